The summed E-state index contributed by atoms with van der Waals surface area (Å²) >= 11 is 0. The first-order valence-corrected chi connectivity index (χ1v) is 8.69. The fraction of sp³-hybridized carbons (Fsp3) is 0.222. The minimum absolute atomic E-state index is 0.183. The first-order valence-electron chi connectivity index (χ1n) is 7.17. The Morgan fingerprint density at radius 2 is 2.09 bits per heavy atom. The van der Waals surface area contributed by atoms with Crippen LogP contribution in [0.5, 0.6) is 0 Å². The Morgan fingerprint density at radius 1 is 1.32 bits per heavy atom. The zero-order valence-corrected chi connectivity index (χ0v) is 13.9. The van der Waals surface area contributed by atoms with E-state index in [0.29, 0.717) is 12.1 Å². The zero-order valence-electron chi connectivity index (χ0n) is 13.1. The standard InChI is InChI=1S/C18H21FN2S/c1-5-15-7-8-16(20-12-15)13-21(22(4)6-2)17-9-10-18(19)14(3)11-17/h5,7-12H,1,4,6,13H2,2-3H3. The van der Waals surface area contributed by atoms with Gasteiger partial charge in [-0.3, -0.25) is 4.98 Å². The summed E-state index contributed by atoms with van der Waals surface area (Å²) in [6.45, 7) is 8.27. The molecular formula is C18H21FN2S. The SMILES string of the molecule is C=Cc1ccc(CN(c2ccc(F)c(C)c2)S(=C)CC)nc1. The number of anilines is 1. The molecule has 0 bridgehead atoms. The van der Waals surface area contributed by atoms with Gasteiger partial charge in [-0.25, -0.2) is 4.39 Å². The Bertz CT molecular complexity index is 680. The second kappa shape index (κ2) is 7.36. The molecule has 0 spiro atoms. The van der Waals surface area contributed by atoms with E-state index in [1.165, 1.54) is 6.07 Å². The first-order chi connectivity index (χ1) is 10.5. The van der Waals surface area contributed by atoms with Gasteiger partial charge in [0.05, 0.1) is 12.2 Å². The number of halogens is 1. The van der Waals surface area contributed by atoms with Crippen LogP contribution in [0.3, 0.4) is 0 Å². The van der Waals surface area contributed by atoms with Gasteiger partial charge in [-0.15, -0.1) is 10.7 Å². The van der Waals surface area contributed by atoms with Gasteiger partial charge in [-0.2, -0.15) is 0 Å². The molecule has 1 atom stereocenters. The summed E-state index contributed by atoms with van der Waals surface area (Å²) in [4.78, 5) is 4.46. The highest BCUT2D eigenvalue weighted by atomic mass is 32.2. The van der Waals surface area contributed by atoms with Crippen molar-refractivity contribution in [2.45, 2.75) is 20.4 Å². The summed E-state index contributed by atoms with van der Waals surface area (Å²) < 4.78 is 15.7. The van der Waals surface area contributed by atoms with E-state index in [0.717, 1.165) is 22.7 Å². The molecule has 2 aromatic rings. The topological polar surface area (TPSA) is 16.1 Å². The van der Waals surface area contributed by atoms with Crippen LogP contribution in [0.4, 0.5) is 10.1 Å². The van der Waals surface area contributed by atoms with E-state index in [1.807, 2.05) is 24.4 Å². The lowest BCUT2D eigenvalue weighted by atomic mass is 10.2. The van der Waals surface area contributed by atoms with Gasteiger partial charge in [-0.1, -0.05) is 31.5 Å². The fourth-order valence-corrected chi connectivity index (χ4v) is 3.11. The predicted molar refractivity (Wildman–Crippen MR) is 96.9 cm³/mol. The van der Waals surface area contributed by atoms with Crippen LogP contribution in [0.15, 0.2) is 43.1 Å². The van der Waals surface area contributed by atoms with Crippen LogP contribution in [0.1, 0.15) is 23.7 Å². The molecule has 0 radical (unpaired) electrons. The van der Waals surface area contributed by atoms with Crippen LogP contribution in [0.25, 0.3) is 6.08 Å². The molecular weight excluding hydrogens is 295 g/mol. The quantitative estimate of drug-likeness (QED) is 0.711. The average molecular weight is 316 g/mol. The average Bonchev–Trinajstić information content (AvgIpc) is 2.55. The number of aromatic nitrogens is 1. The molecule has 0 saturated heterocycles. The van der Waals surface area contributed by atoms with E-state index >= 15 is 0 Å². The van der Waals surface area contributed by atoms with Gasteiger partial charge in [0.15, 0.2) is 0 Å². The Morgan fingerprint density at radius 3 is 2.64 bits per heavy atom. The Kier molecular flexibility index (Phi) is 5.50. The Hall–Kier alpha value is -1.94. The summed E-state index contributed by atoms with van der Waals surface area (Å²) in [5.41, 5.74) is 3.58. The van der Waals surface area contributed by atoms with Gasteiger partial charge in [-0.05, 0) is 42.3 Å². The molecule has 1 aromatic carbocycles. The van der Waals surface area contributed by atoms with Crippen molar-refractivity contribution < 1.29 is 4.39 Å². The lowest BCUT2D eigenvalue weighted by molar-refractivity contribution is 0.618. The molecule has 2 nitrogen and oxygen atoms in total. The van der Waals surface area contributed by atoms with E-state index in [4.69, 9.17) is 0 Å². The molecule has 0 N–H and O–H groups in total. The minimum Gasteiger partial charge on any atom is -0.316 e. The van der Waals surface area contributed by atoms with E-state index in [9.17, 15) is 4.39 Å². The Labute approximate surface area is 134 Å². The summed E-state index contributed by atoms with van der Waals surface area (Å²) in [7, 11) is -0.188. The van der Waals surface area contributed by atoms with Gasteiger partial charge < -0.3 is 4.31 Å². The normalized spacial score (nSPS) is 12.0. The third-order valence-corrected chi connectivity index (χ3v) is 5.09. The van der Waals surface area contributed by atoms with Crippen molar-refractivity contribution in [3.05, 3.63) is 65.7 Å². The second-order valence-electron chi connectivity index (χ2n) is 5.01. The summed E-state index contributed by atoms with van der Waals surface area (Å²) in [6.07, 6.45) is 3.58. The van der Waals surface area contributed by atoms with Crippen molar-refractivity contribution in [1.82, 2.24) is 4.98 Å². The molecule has 0 aliphatic carbocycles. The molecule has 1 aromatic heterocycles. The fourth-order valence-electron chi connectivity index (χ4n) is 2.07. The van der Waals surface area contributed by atoms with E-state index in [2.05, 4.69) is 28.7 Å². The summed E-state index contributed by atoms with van der Waals surface area (Å²) in [6, 6.07) is 9.18. The van der Waals surface area contributed by atoms with Crippen LogP contribution in [-0.2, 0) is 6.54 Å². The molecule has 116 valence electrons. The molecule has 0 amide bonds. The maximum atomic E-state index is 13.5. The summed E-state index contributed by atoms with van der Waals surface area (Å²) in [5.74, 6) is 4.98. The molecule has 0 aliphatic heterocycles. The molecule has 4 heteroatoms. The number of hydrogen-bond acceptors (Lipinski definition) is 2. The lowest BCUT2D eigenvalue weighted by Crippen LogP contribution is -2.18. The van der Waals surface area contributed by atoms with Crippen LogP contribution in [-0.4, -0.2) is 16.6 Å². The number of rotatable bonds is 6. The van der Waals surface area contributed by atoms with Gasteiger partial charge in [0.2, 0.25) is 0 Å². The van der Waals surface area contributed by atoms with Gasteiger partial charge in [0.25, 0.3) is 0 Å². The number of nitrogens with zero attached hydrogens (tertiary/aromatic N) is 2. The van der Waals surface area contributed by atoms with Crippen LogP contribution < -0.4 is 4.31 Å². The zero-order chi connectivity index (χ0) is 16.1. The number of hydrogen-bond donors (Lipinski definition) is 0. The third-order valence-electron chi connectivity index (χ3n) is 3.46. The van der Waals surface area contributed by atoms with Crippen LogP contribution in [0, 0.1) is 12.7 Å². The molecule has 1 heterocycles. The number of pyridine rings is 1. The van der Waals surface area contributed by atoms with Crippen molar-refractivity contribution in [1.29, 1.82) is 0 Å². The molecule has 0 saturated carbocycles. The number of benzene rings is 1. The summed E-state index contributed by atoms with van der Waals surface area (Å²) in [5, 5.41) is 0. The van der Waals surface area contributed by atoms with Crippen LogP contribution in [0.2, 0.25) is 0 Å². The number of aryl methyl sites for hydroxylation is 1. The van der Waals surface area contributed by atoms with E-state index in [-0.39, 0.29) is 16.5 Å². The van der Waals surface area contributed by atoms with Crippen molar-refractivity contribution in [3.63, 3.8) is 0 Å². The van der Waals surface area contributed by atoms with Gasteiger partial charge >= 0.3 is 0 Å². The highest BCUT2D eigenvalue weighted by Gasteiger charge is 2.11. The van der Waals surface area contributed by atoms with E-state index in [1.54, 1.807) is 19.1 Å². The van der Waals surface area contributed by atoms with Crippen molar-refractivity contribution in [3.8, 4) is 0 Å². The Balaban J connectivity index is 2.30. The highest BCUT2D eigenvalue weighted by Crippen LogP contribution is 2.29. The lowest BCUT2D eigenvalue weighted by Gasteiger charge is -2.27. The molecule has 0 fully saturated rings. The predicted octanol–water partition coefficient (Wildman–Crippen LogP) is 4.81. The minimum atomic E-state index is -0.188. The molecule has 22 heavy (non-hydrogen) atoms. The van der Waals surface area contributed by atoms with Crippen molar-refractivity contribution >= 4 is 28.3 Å². The smallest absolute Gasteiger partial charge is 0.126 e. The van der Waals surface area contributed by atoms with Crippen molar-refractivity contribution in [2.24, 2.45) is 0 Å². The maximum absolute atomic E-state index is 13.5. The van der Waals surface area contributed by atoms with Crippen molar-refractivity contribution in [2.75, 3.05) is 10.1 Å². The highest BCUT2D eigenvalue weighted by molar-refractivity contribution is 8.15. The van der Waals surface area contributed by atoms with Crippen LogP contribution >= 0.6 is 10.7 Å². The van der Waals surface area contributed by atoms with Gasteiger partial charge in [0.1, 0.15) is 5.82 Å². The maximum Gasteiger partial charge on any atom is 0.126 e. The third kappa shape index (κ3) is 3.83. The van der Waals surface area contributed by atoms with E-state index < -0.39 is 0 Å². The second-order valence-corrected chi connectivity index (χ2v) is 6.95. The molecule has 0 aliphatic rings. The first kappa shape index (κ1) is 16.4. The monoisotopic (exact) mass is 316 g/mol. The largest absolute Gasteiger partial charge is 0.316 e. The van der Waals surface area contributed by atoms with Gasteiger partial charge in [0, 0.05) is 17.6 Å². The molecule has 1 unspecified atom stereocenters. The molecule has 2 rings (SSSR count).